The molecule has 5 nitrogen and oxygen atoms in total. The molecule has 0 radical (unpaired) electrons. The van der Waals surface area contributed by atoms with Crippen LogP contribution in [0.4, 0.5) is 5.69 Å². The molecule has 2 heterocycles. The first-order valence-electron chi connectivity index (χ1n) is 8.46. The molecule has 0 atom stereocenters. The molecule has 126 valence electrons. The van der Waals surface area contributed by atoms with Crippen molar-refractivity contribution in [3.05, 3.63) is 30.3 Å². The molecule has 2 fully saturated rings. The molecule has 2 aliphatic rings. The van der Waals surface area contributed by atoms with E-state index in [1.165, 1.54) is 5.69 Å². The number of piperazine rings is 1. The summed E-state index contributed by atoms with van der Waals surface area (Å²) in [5.41, 5.74) is 1.30. The zero-order chi connectivity index (χ0) is 15.9. The standard InChI is InChI=1S/C17H26N4OS/c23-17(18-6-7-19-12-14-22-15-13-19)21-10-8-20(9-11-21)16-4-2-1-3-5-16/h1-5H,6-15H2,(H,18,23). The summed E-state index contributed by atoms with van der Waals surface area (Å²) in [5.74, 6) is 0. The van der Waals surface area contributed by atoms with Gasteiger partial charge in [0.15, 0.2) is 5.11 Å². The van der Waals surface area contributed by atoms with Crippen LogP contribution in [0.1, 0.15) is 0 Å². The molecule has 0 spiro atoms. The van der Waals surface area contributed by atoms with Gasteiger partial charge in [-0.25, -0.2) is 0 Å². The second kappa shape index (κ2) is 8.47. The normalized spacial score (nSPS) is 19.7. The summed E-state index contributed by atoms with van der Waals surface area (Å²) in [5, 5.41) is 4.31. The Labute approximate surface area is 144 Å². The van der Waals surface area contributed by atoms with Gasteiger partial charge in [-0.1, -0.05) is 18.2 Å². The van der Waals surface area contributed by atoms with E-state index in [4.69, 9.17) is 17.0 Å². The molecule has 6 heteroatoms. The molecular formula is C17H26N4OS. The van der Waals surface area contributed by atoms with Crippen molar-refractivity contribution in [2.45, 2.75) is 0 Å². The fourth-order valence-electron chi connectivity index (χ4n) is 3.06. The summed E-state index contributed by atoms with van der Waals surface area (Å²) in [7, 11) is 0. The lowest BCUT2D eigenvalue weighted by Crippen LogP contribution is -2.52. The Bertz CT molecular complexity index is 485. The smallest absolute Gasteiger partial charge is 0.169 e. The minimum Gasteiger partial charge on any atom is -0.379 e. The highest BCUT2D eigenvalue weighted by atomic mass is 32.1. The maximum absolute atomic E-state index is 5.55. The third-order valence-electron chi connectivity index (χ3n) is 4.50. The monoisotopic (exact) mass is 334 g/mol. The summed E-state index contributed by atoms with van der Waals surface area (Å²) in [6.45, 7) is 9.73. The lowest BCUT2D eigenvalue weighted by atomic mass is 10.2. The van der Waals surface area contributed by atoms with Crippen LogP contribution in [-0.4, -0.2) is 80.5 Å². The fourth-order valence-corrected chi connectivity index (χ4v) is 3.35. The van der Waals surface area contributed by atoms with E-state index < -0.39 is 0 Å². The van der Waals surface area contributed by atoms with Crippen LogP contribution < -0.4 is 10.2 Å². The van der Waals surface area contributed by atoms with E-state index in [-0.39, 0.29) is 0 Å². The Balaban J connectivity index is 1.36. The summed E-state index contributed by atoms with van der Waals surface area (Å²) >= 11 is 5.55. The molecule has 2 aliphatic heterocycles. The van der Waals surface area contributed by atoms with Gasteiger partial charge in [-0.15, -0.1) is 0 Å². The lowest BCUT2D eigenvalue weighted by molar-refractivity contribution is 0.0388. The van der Waals surface area contributed by atoms with Crippen LogP contribution in [-0.2, 0) is 4.74 Å². The molecule has 1 N–H and O–H groups in total. The average molecular weight is 334 g/mol. The van der Waals surface area contributed by atoms with E-state index in [9.17, 15) is 0 Å². The number of rotatable bonds is 4. The summed E-state index contributed by atoms with van der Waals surface area (Å²) in [4.78, 5) is 7.13. The van der Waals surface area contributed by atoms with Gasteiger partial charge in [0.2, 0.25) is 0 Å². The molecule has 23 heavy (non-hydrogen) atoms. The molecule has 1 aromatic carbocycles. The number of anilines is 1. The van der Waals surface area contributed by atoms with Crippen molar-refractivity contribution in [2.75, 3.05) is 70.5 Å². The molecule has 0 amide bonds. The van der Waals surface area contributed by atoms with Gasteiger partial charge in [0.25, 0.3) is 0 Å². The van der Waals surface area contributed by atoms with Gasteiger partial charge in [0.1, 0.15) is 0 Å². The van der Waals surface area contributed by atoms with E-state index >= 15 is 0 Å². The topological polar surface area (TPSA) is 31.0 Å². The number of nitrogens with zero attached hydrogens (tertiary/aromatic N) is 3. The van der Waals surface area contributed by atoms with Crippen molar-refractivity contribution >= 4 is 23.0 Å². The number of benzene rings is 1. The number of hydrogen-bond acceptors (Lipinski definition) is 4. The number of thiocarbonyl (C=S) groups is 1. The van der Waals surface area contributed by atoms with Gasteiger partial charge in [0.05, 0.1) is 13.2 Å². The molecule has 3 rings (SSSR count). The maximum atomic E-state index is 5.55. The second-order valence-electron chi connectivity index (χ2n) is 6.00. The van der Waals surface area contributed by atoms with Gasteiger partial charge < -0.3 is 19.9 Å². The number of morpholine rings is 1. The first-order chi connectivity index (χ1) is 11.3. The minimum atomic E-state index is 0.853. The minimum absolute atomic E-state index is 0.853. The van der Waals surface area contributed by atoms with Gasteiger partial charge >= 0.3 is 0 Å². The molecule has 2 saturated heterocycles. The molecule has 0 aliphatic carbocycles. The molecule has 0 bridgehead atoms. The van der Waals surface area contributed by atoms with Crippen molar-refractivity contribution in [1.82, 2.24) is 15.1 Å². The van der Waals surface area contributed by atoms with E-state index in [2.05, 4.69) is 50.3 Å². The highest BCUT2D eigenvalue weighted by molar-refractivity contribution is 7.80. The second-order valence-corrected chi connectivity index (χ2v) is 6.38. The molecule has 0 aromatic heterocycles. The highest BCUT2D eigenvalue weighted by Crippen LogP contribution is 2.15. The first kappa shape index (κ1) is 16.5. The maximum Gasteiger partial charge on any atom is 0.169 e. The van der Waals surface area contributed by atoms with Crippen LogP contribution in [0.3, 0.4) is 0 Å². The quantitative estimate of drug-likeness (QED) is 0.828. The van der Waals surface area contributed by atoms with Crippen molar-refractivity contribution in [3.8, 4) is 0 Å². The van der Waals surface area contributed by atoms with Crippen molar-refractivity contribution in [1.29, 1.82) is 0 Å². The van der Waals surface area contributed by atoms with E-state index in [0.717, 1.165) is 70.7 Å². The van der Waals surface area contributed by atoms with Gasteiger partial charge in [-0.05, 0) is 24.4 Å². The Morgan fingerprint density at radius 3 is 2.39 bits per heavy atom. The van der Waals surface area contributed by atoms with Crippen LogP contribution in [0, 0.1) is 0 Å². The largest absolute Gasteiger partial charge is 0.379 e. The zero-order valence-electron chi connectivity index (χ0n) is 13.6. The van der Waals surface area contributed by atoms with Gasteiger partial charge in [0, 0.05) is 58.0 Å². The van der Waals surface area contributed by atoms with Crippen molar-refractivity contribution in [3.63, 3.8) is 0 Å². The third kappa shape index (κ3) is 4.80. The number of ether oxygens (including phenoxy) is 1. The number of nitrogens with one attached hydrogen (secondary N) is 1. The van der Waals surface area contributed by atoms with Gasteiger partial charge in [-0.3, -0.25) is 4.90 Å². The average Bonchev–Trinajstić information content (AvgIpc) is 2.63. The number of para-hydroxylation sites is 1. The Hall–Kier alpha value is -1.37. The summed E-state index contributed by atoms with van der Waals surface area (Å²) in [6, 6.07) is 10.6. The Morgan fingerprint density at radius 1 is 1.00 bits per heavy atom. The van der Waals surface area contributed by atoms with E-state index in [0.29, 0.717) is 0 Å². The van der Waals surface area contributed by atoms with Crippen LogP contribution in [0.2, 0.25) is 0 Å². The molecule has 0 saturated carbocycles. The summed E-state index contributed by atoms with van der Waals surface area (Å²) < 4.78 is 5.37. The van der Waals surface area contributed by atoms with Crippen LogP contribution in [0.5, 0.6) is 0 Å². The van der Waals surface area contributed by atoms with Gasteiger partial charge in [-0.2, -0.15) is 0 Å². The summed E-state index contributed by atoms with van der Waals surface area (Å²) in [6.07, 6.45) is 0. The lowest BCUT2D eigenvalue weighted by Gasteiger charge is -2.37. The Kier molecular flexibility index (Phi) is 6.07. The van der Waals surface area contributed by atoms with Crippen LogP contribution in [0.25, 0.3) is 0 Å². The fraction of sp³-hybridized carbons (Fsp3) is 0.588. The third-order valence-corrected chi connectivity index (χ3v) is 4.90. The first-order valence-corrected chi connectivity index (χ1v) is 8.86. The molecule has 1 aromatic rings. The predicted octanol–water partition coefficient (Wildman–Crippen LogP) is 1.02. The van der Waals surface area contributed by atoms with Crippen molar-refractivity contribution < 1.29 is 4.74 Å². The number of hydrogen-bond donors (Lipinski definition) is 1. The van der Waals surface area contributed by atoms with Crippen LogP contribution in [0.15, 0.2) is 30.3 Å². The van der Waals surface area contributed by atoms with E-state index in [1.54, 1.807) is 0 Å². The van der Waals surface area contributed by atoms with E-state index in [1.807, 2.05) is 0 Å². The van der Waals surface area contributed by atoms with Crippen molar-refractivity contribution in [2.24, 2.45) is 0 Å². The zero-order valence-corrected chi connectivity index (χ0v) is 14.4. The Morgan fingerprint density at radius 2 is 1.70 bits per heavy atom. The van der Waals surface area contributed by atoms with Crippen LogP contribution >= 0.6 is 12.2 Å². The predicted molar refractivity (Wildman–Crippen MR) is 98.1 cm³/mol. The SMILES string of the molecule is S=C(NCCN1CCOCC1)N1CCN(c2ccccc2)CC1. The molecule has 0 unspecified atom stereocenters. The molecular weight excluding hydrogens is 308 g/mol. The highest BCUT2D eigenvalue weighted by Gasteiger charge is 2.19.